The van der Waals surface area contributed by atoms with Crippen LogP contribution in [-0.2, 0) is 6.42 Å². The van der Waals surface area contributed by atoms with Crippen molar-refractivity contribution in [2.24, 2.45) is 5.73 Å². The molecule has 0 saturated carbocycles. The van der Waals surface area contributed by atoms with Crippen LogP contribution >= 0.6 is 0 Å². The van der Waals surface area contributed by atoms with Gasteiger partial charge in [-0.3, -0.25) is 0 Å². The SMILES string of the molecule is CCOc1ccc(-c2nc[nH]c2CCN)cc1F. The summed E-state index contributed by atoms with van der Waals surface area (Å²) in [7, 11) is 0. The highest BCUT2D eigenvalue weighted by Crippen LogP contribution is 2.26. The van der Waals surface area contributed by atoms with E-state index in [0.29, 0.717) is 19.6 Å². The maximum atomic E-state index is 13.8. The average molecular weight is 249 g/mol. The topological polar surface area (TPSA) is 63.9 Å². The molecule has 0 bridgehead atoms. The highest BCUT2D eigenvalue weighted by Gasteiger charge is 2.11. The number of nitrogens with one attached hydrogen (secondary N) is 1. The Kier molecular flexibility index (Phi) is 3.94. The number of aromatic amines is 1. The number of benzene rings is 1. The maximum Gasteiger partial charge on any atom is 0.165 e. The largest absolute Gasteiger partial charge is 0.491 e. The Bertz CT molecular complexity index is 525. The van der Waals surface area contributed by atoms with Crippen LogP contribution in [0.2, 0.25) is 0 Å². The van der Waals surface area contributed by atoms with E-state index in [1.165, 1.54) is 6.07 Å². The lowest BCUT2D eigenvalue weighted by molar-refractivity contribution is 0.321. The number of hydrogen-bond donors (Lipinski definition) is 2. The first-order valence-electron chi connectivity index (χ1n) is 5.91. The highest BCUT2D eigenvalue weighted by atomic mass is 19.1. The van der Waals surface area contributed by atoms with Crippen molar-refractivity contribution in [3.8, 4) is 17.0 Å². The van der Waals surface area contributed by atoms with Crippen molar-refractivity contribution in [2.75, 3.05) is 13.2 Å². The van der Waals surface area contributed by atoms with Crippen molar-refractivity contribution < 1.29 is 9.13 Å². The van der Waals surface area contributed by atoms with Gasteiger partial charge in [0.2, 0.25) is 0 Å². The molecular weight excluding hydrogens is 233 g/mol. The Hall–Kier alpha value is -1.88. The van der Waals surface area contributed by atoms with Crippen LogP contribution in [0.3, 0.4) is 0 Å². The van der Waals surface area contributed by atoms with Crippen LogP contribution in [0.15, 0.2) is 24.5 Å². The number of aromatic nitrogens is 2. The van der Waals surface area contributed by atoms with Gasteiger partial charge in [0.1, 0.15) is 0 Å². The summed E-state index contributed by atoms with van der Waals surface area (Å²) in [5.74, 6) is -0.117. The molecule has 0 fully saturated rings. The minimum absolute atomic E-state index is 0.261. The Balaban J connectivity index is 2.33. The molecule has 18 heavy (non-hydrogen) atoms. The standard InChI is InChI=1S/C13H16FN3O/c1-2-18-12-4-3-9(7-10(12)14)13-11(5-6-15)16-8-17-13/h3-4,7-8H,2,5-6,15H2,1H3,(H,16,17). The van der Waals surface area contributed by atoms with Crippen molar-refractivity contribution in [3.05, 3.63) is 36.0 Å². The van der Waals surface area contributed by atoms with Crippen LogP contribution in [-0.4, -0.2) is 23.1 Å². The van der Waals surface area contributed by atoms with E-state index in [0.717, 1.165) is 17.0 Å². The van der Waals surface area contributed by atoms with Gasteiger partial charge in [-0.15, -0.1) is 0 Å². The fourth-order valence-corrected chi connectivity index (χ4v) is 1.83. The summed E-state index contributed by atoms with van der Waals surface area (Å²) >= 11 is 0. The third-order valence-corrected chi connectivity index (χ3v) is 2.62. The zero-order chi connectivity index (χ0) is 13.0. The third kappa shape index (κ3) is 2.51. The van der Waals surface area contributed by atoms with E-state index in [2.05, 4.69) is 9.97 Å². The van der Waals surface area contributed by atoms with Gasteiger partial charge in [-0.25, -0.2) is 9.37 Å². The van der Waals surface area contributed by atoms with Gasteiger partial charge < -0.3 is 15.5 Å². The minimum atomic E-state index is -0.379. The van der Waals surface area contributed by atoms with Gasteiger partial charge in [-0.1, -0.05) is 0 Å². The molecule has 2 rings (SSSR count). The fourth-order valence-electron chi connectivity index (χ4n) is 1.83. The highest BCUT2D eigenvalue weighted by molar-refractivity contribution is 5.63. The van der Waals surface area contributed by atoms with E-state index in [9.17, 15) is 4.39 Å². The Morgan fingerprint density at radius 3 is 2.94 bits per heavy atom. The molecule has 0 spiro atoms. The molecule has 1 heterocycles. The number of nitrogens with zero attached hydrogens (tertiary/aromatic N) is 1. The van der Waals surface area contributed by atoms with E-state index in [4.69, 9.17) is 10.5 Å². The molecule has 0 aliphatic rings. The molecule has 0 amide bonds. The van der Waals surface area contributed by atoms with Crippen molar-refractivity contribution in [1.29, 1.82) is 0 Å². The maximum absolute atomic E-state index is 13.8. The molecular formula is C13H16FN3O. The second kappa shape index (κ2) is 5.64. The molecule has 1 aromatic heterocycles. The van der Waals surface area contributed by atoms with E-state index >= 15 is 0 Å². The van der Waals surface area contributed by atoms with Gasteiger partial charge in [0.15, 0.2) is 11.6 Å². The van der Waals surface area contributed by atoms with Crippen molar-refractivity contribution in [1.82, 2.24) is 9.97 Å². The molecule has 0 aliphatic carbocycles. The van der Waals surface area contributed by atoms with E-state index in [1.54, 1.807) is 18.5 Å². The summed E-state index contributed by atoms with van der Waals surface area (Å²) in [6.07, 6.45) is 2.28. The van der Waals surface area contributed by atoms with Crippen molar-refractivity contribution in [3.63, 3.8) is 0 Å². The summed E-state index contributed by atoms with van der Waals surface area (Å²) in [5.41, 5.74) is 7.90. The summed E-state index contributed by atoms with van der Waals surface area (Å²) < 4.78 is 18.9. The summed E-state index contributed by atoms with van der Waals surface area (Å²) in [6.45, 7) is 2.78. The van der Waals surface area contributed by atoms with Crippen LogP contribution in [0, 0.1) is 5.82 Å². The Morgan fingerprint density at radius 1 is 1.44 bits per heavy atom. The number of ether oxygens (including phenoxy) is 1. The lowest BCUT2D eigenvalue weighted by atomic mass is 10.1. The van der Waals surface area contributed by atoms with Gasteiger partial charge in [0, 0.05) is 17.7 Å². The molecule has 1 aromatic carbocycles. The number of imidazole rings is 1. The molecule has 96 valence electrons. The molecule has 2 aromatic rings. The third-order valence-electron chi connectivity index (χ3n) is 2.62. The summed E-state index contributed by atoms with van der Waals surface area (Å²) in [5, 5.41) is 0. The normalized spacial score (nSPS) is 10.6. The van der Waals surface area contributed by atoms with Gasteiger partial charge in [-0.05, 0) is 31.7 Å². The molecule has 4 nitrogen and oxygen atoms in total. The van der Waals surface area contributed by atoms with Gasteiger partial charge in [-0.2, -0.15) is 0 Å². The molecule has 0 aliphatic heterocycles. The number of rotatable bonds is 5. The smallest absolute Gasteiger partial charge is 0.165 e. The lowest BCUT2D eigenvalue weighted by Crippen LogP contribution is -2.04. The molecule has 0 radical (unpaired) electrons. The summed E-state index contributed by atoms with van der Waals surface area (Å²) in [6, 6.07) is 4.85. The lowest BCUT2D eigenvalue weighted by Gasteiger charge is -2.06. The number of halogens is 1. The summed E-state index contributed by atoms with van der Waals surface area (Å²) in [4.78, 5) is 7.22. The molecule has 5 heteroatoms. The predicted octanol–water partition coefficient (Wildman–Crippen LogP) is 2.12. The second-order valence-electron chi connectivity index (χ2n) is 3.85. The van der Waals surface area contributed by atoms with Crippen LogP contribution in [0.5, 0.6) is 5.75 Å². The van der Waals surface area contributed by atoms with Gasteiger partial charge in [0.05, 0.1) is 18.6 Å². The van der Waals surface area contributed by atoms with Crippen LogP contribution < -0.4 is 10.5 Å². The van der Waals surface area contributed by atoms with Crippen molar-refractivity contribution >= 4 is 0 Å². The van der Waals surface area contributed by atoms with E-state index in [1.807, 2.05) is 6.92 Å². The average Bonchev–Trinajstić information content (AvgIpc) is 2.81. The quantitative estimate of drug-likeness (QED) is 0.853. The zero-order valence-electron chi connectivity index (χ0n) is 10.2. The fraction of sp³-hybridized carbons (Fsp3) is 0.308. The molecule has 3 N–H and O–H groups in total. The molecule has 0 saturated heterocycles. The number of H-pyrrole nitrogens is 1. The van der Waals surface area contributed by atoms with Crippen molar-refractivity contribution in [2.45, 2.75) is 13.3 Å². The van der Waals surface area contributed by atoms with Gasteiger partial charge >= 0.3 is 0 Å². The predicted molar refractivity (Wildman–Crippen MR) is 67.9 cm³/mol. The van der Waals surface area contributed by atoms with Crippen LogP contribution in [0.25, 0.3) is 11.3 Å². The number of nitrogens with two attached hydrogens (primary N) is 1. The monoisotopic (exact) mass is 249 g/mol. The first-order chi connectivity index (χ1) is 8.76. The van der Waals surface area contributed by atoms with E-state index < -0.39 is 0 Å². The van der Waals surface area contributed by atoms with Crippen LogP contribution in [0.1, 0.15) is 12.6 Å². The zero-order valence-corrected chi connectivity index (χ0v) is 10.2. The minimum Gasteiger partial charge on any atom is -0.491 e. The first-order valence-corrected chi connectivity index (χ1v) is 5.91. The second-order valence-corrected chi connectivity index (χ2v) is 3.85. The molecule has 0 atom stereocenters. The first kappa shape index (κ1) is 12.6. The Morgan fingerprint density at radius 2 is 2.28 bits per heavy atom. The van der Waals surface area contributed by atoms with Crippen LogP contribution in [0.4, 0.5) is 4.39 Å². The Labute approximate surface area is 105 Å². The molecule has 0 unspecified atom stereocenters. The van der Waals surface area contributed by atoms with Gasteiger partial charge in [0.25, 0.3) is 0 Å². The number of hydrogen-bond acceptors (Lipinski definition) is 3. The van der Waals surface area contributed by atoms with E-state index in [-0.39, 0.29) is 11.6 Å².